The summed E-state index contributed by atoms with van der Waals surface area (Å²) in [6, 6.07) is 0. The van der Waals surface area contributed by atoms with Gasteiger partial charge in [-0.3, -0.25) is 0 Å². The number of hydrogen-bond donors (Lipinski definition) is 0. The van der Waals surface area contributed by atoms with Crippen molar-refractivity contribution >= 4 is 0 Å². The summed E-state index contributed by atoms with van der Waals surface area (Å²) in [6.07, 6.45) is 5.48. The Morgan fingerprint density at radius 3 is 2.36 bits per heavy atom. The van der Waals surface area contributed by atoms with Gasteiger partial charge in [-0.05, 0) is 24.2 Å². The SMILES string of the molecule is COCC1(C)CCC(C)CC1. The second kappa shape index (κ2) is 3.57. The van der Waals surface area contributed by atoms with Gasteiger partial charge in [0, 0.05) is 7.11 Å². The van der Waals surface area contributed by atoms with Crippen molar-refractivity contribution in [3.8, 4) is 0 Å². The summed E-state index contributed by atoms with van der Waals surface area (Å²) in [7, 11) is 1.81. The van der Waals surface area contributed by atoms with Crippen molar-refractivity contribution in [2.45, 2.75) is 39.5 Å². The largest absolute Gasteiger partial charge is 0.384 e. The highest BCUT2D eigenvalue weighted by Gasteiger charge is 2.29. The molecule has 0 atom stereocenters. The minimum absolute atomic E-state index is 0.487. The monoisotopic (exact) mass is 156 g/mol. The van der Waals surface area contributed by atoms with Crippen molar-refractivity contribution in [1.82, 2.24) is 0 Å². The van der Waals surface area contributed by atoms with Crippen LogP contribution in [0.2, 0.25) is 0 Å². The second-order valence-corrected chi connectivity index (χ2v) is 4.43. The molecule has 0 heterocycles. The predicted octanol–water partition coefficient (Wildman–Crippen LogP) is 2.85. The fourth-order valence-corrected chi connectivity index (χ4v) is 1.95. The van der Waals surface area contributed by atoms with E-state index in [2.05, 4.69) is 13.8 Å². The van der Waals surface area contributed by atoms with Crippen molar-refractivity contribution in [3.63, 3.8) is 0 Å². The second-order valence-electron chi connectivity index (χ2n) is 4.43. The van der Waals surface area contributed by atoms with Gasteiger partial charge in [0.15, 0.2) is 0 Å². The third-order valence-electron chi connectivity index (χ3n) is 2.97. The highest BCUT2D eigenvalue weighted by Crippen LogP contribution is 2.38. The van der Waals surface area contributed by atoms with E-state index in [9.17, 15) is 0 Å². The molecule has 11 heavy (non-hydrogen) atoms. The van der Waals surface area contributed by atoms with Gasteiger partial charge in [-0.2, -0.15) is 0 Å². The first kappa shape index (κ1) is 9.05. The lowest BCUT2D eigenvalue weighted by molar-refractivity contribution is 0.0519. The quantitative estimate of drug-likeness (QED) is 0.597. The molecule has 0 saturated heterocycles. The topological polar surface area (TPSA) is 9.23 Å². The molecule has 0 aliphatic heterocycles. The lowest BCUT2D eigenvalue weighted by Gasteiger charge is -2.35. The summed E-state index contributed by atoms with van der Waals surface area (Å²) >= 11 is 0. The molecule has 0 bridgehead atoms. The molecule has 0 radical (unpaired) electrons. The average Bonchev–Trinajstić information content (AvgIpc) is 1.97. The maximum absolute atomic E-state index is 5.22. The summed E-state index contributed by atoms with van der Waals surface area (Å²) in [5.74, 6) is 0.944. The zero-order valence-electron chi connectivity index (χ0n) is 8.02. The zero-order valence-corrected chi connectivity index (χ0v) is 8.02. The first-order valence-electron chi connectivity index (χ1n) is 4.65. The van der Waals surface area contributed by atoms with Crippen LogP contribution in [0.4, 0.5) is 0 Å². The van der Waals surface area contributed by atoms with Crippen molar-refractivity contribution < 1.29 is 4.74 Å². The van der Waals surface area contributed by atoms with Crippen LogP contribution >= 0.6 is 0 Å². The van der Waals surface area contributed by atoms with E-state index in [1.807, 2.05) is 7.11 Å². The molecule has 1 nitrogen and oxygen atoms in total. The molecular formula is C10H20O. The molecule has 1 fully saturated rings. The van der Waals surface area contributed by atoms with Gasteiger partial charge in [0.2, 0.25) is 0 Å². The van der Waals surface area contributed by atoms with E-state index < -0.39 is 0 Å². The van der Waals surface area contributed by atoms with E-state index in [-0.39, 0.29) is 0 Å². The Bertz CT molecular complexity index is 112. The van der Waals surface area contributed by atoms with Crippen LogP contribution in [-0.4, -0.2) is 13.7 Å². The van der Waals surface area contributed by atoms with E-state index in [1.165, 1.54) is 25.7 Å². The Labute approximate surface area is 70.1 Å². The minimum atomic E-state index is 0.487. The van der Waals surface area contributed by atoms with E-state index >= 15 is 0 Å². The zero-order chi connectivity index (χ0) is 8.32. The van der Waals surface area contributed by atoms with E-state index in [0.29, 0.717) is 5.41 Å². The van der Waals surface area contributed by atoms with Gasteiger partial charge in [-0.15, -0.1) is 0 Å². The summed E-state index contributed by atoms with van der Waals surface area (Å²) in [6.45, 7) is 5.65. The van der Waals surface area contributed by atoms with Crippen LogP contribution in [0.5, 0.6) is 0 Å². The lowest BCUT2D eigenvalue weighted by atomic mass is 9.73. The van der Waals surface area contributed by atoms with Crippen LogP contribution in [0.25, 0.3) is 0 Å². The molecule has 0 unspecified atom stereocenters. The highest BCUT2D eigenvalue weighted by atomic mass is 16.5. The third-order valence-corrected chi connectivity index (χ3v) is 2.97. The van der Waals surface area contributed by atoms with Crippen molar-refractivity contribution in [1.29, 1.82) is 0 Å². The Hall–Kier alpha value is -0.0400. The maximum atomic E-state index is 5.22. The summed E-state index contributed by atoms with van der Waals surface area (Å²) in [4.78, 5) is 0. The van der Waals surface area contributed by atoms with Crippen molar-refractivity contribution in [2.24, 2.45) is 11.3 Å². The molecule has 1 heteroatoms. The number of methoxy groups -OCH3 is 1. The molecule has 0 spiro atoms. The van der Waals surface area contributed by atoms with E-state index in [4.69, 9.17) is 4.74 Å². The van der Waals surface area contributed by atoms with Crippen LogP contribution in [0, 0.1) is 11.3 Å². The Morgan fingerprint density at radius 1 is 1.36 bits per heavy atom. The Balaban J connectivity index is 2.35. The molecule has 0 aromatic heterocycles. The van der Waals surface area contributed by atoms with Crippen LogP contribution in [-0.2, 0) is 4.74 Å². The fourth-order valence-electron chi connectivity index (χ4n) is 1.95. The van der Waals surface area contributed by atoms with Gasteiger partial charge in [0.05, 0.1) is 6.61 Å². The molecule has 1 saturated carbocycles. The first-order valence-corrected chi connectivity index (χ1v) is 4.65. The number of ether oxygens (including phenoxy) is 1. The normalized spacial score (nSPS) is 39.0. The molecule has 0 aromatic carbocycles. The molecule has 0 N–H and O–H groups in total. The molecule has 0 amide bonds. The predicted molar refractivity (Wildman–Crippen MR) is 47.6 cm³/mol. The first-order chi connectivity index (χ1) is 5.16. The number of hydrogen-bond acceptors (Lipinski definition) is 1. The molecule has 1 rings (SSSR count). The Morgan fingerprint density at radius 2 is 1.91 bits per heavy atom. The molecule has 1 aliphatic carbocycles. The standard InChI is InChI=1S/C10H20O/c1-9-4-6-10(2,7-5-9)8-11-3/h9H,4-8H2,1-3H3. The number of rotatable bonds is 2. The van der Waals surface area contributed by atoms with Gasteiger partial charge >= 0.3 is 0 Å². The van der Waals surface area contributed by atoms with Crippen molar-refractivity contribution in [3.05, 3.63) is 0 Å². The van der Waals surface area contributed by atoms with Crippen LogP contribution in [0.1, 0.15) is 39.5 Å². The van der Waals surface area contributed by atoms with Gasteiger partial charge < -0.3 is 4.74 Å². The lowest BCUT2D eigenvalue weighted by Crippen LogP contribution is -2.27. The summed E-state index contributed by atoms with van der Waals surface area (Å²) in [5.41, 5.74) is 0.487. The van der Waals surface area contributed by atoms with Gasteiger partial charge in [0.1, 0.15) is 0 Å². The van der Waals surface area contributed by atoms with Crippen LogP contribution < -0.4 is 0 Å². The van der Waals surface area contributed by atoms with E-state index in [0.717, 1.165) is 12.5 Å². The van der Waals surface area contributed by atoms with Gasteiger partial charge in [-0.1, -0.05) is 26.7 Å². The Kier molecular flexibility index (Phi) is 2.94. The highest BCUT2D eigenvalue weighted by molar-refractivity contribution is 4.80. The molecule has 1 aliphatic rings. The molecule has 0 aromatic rings. The van der Waals surface area contributed by atoms with Crippen molar-refractivity contribution in [2.75, 3.05) is 13.7 Å². The fraction of sp³-hybridized carbons (Fsp3) is 1.00. The maximum Gasteiger partial charge on any atom is 0.0515 e. The minimum Gasteiger partial charge on any atom is -0.384 e. The smallest absolute Gasteiger partial charge is 0.0515 e. The van der Waals surface area contributed by atoms with Crippen LogP contribution in [0.15, 0.2) is 0 Å². The summed E-state index contributed by atoms with van der Waals surface area (Å²) in [5, 5.41) is 0. The van der Waals surface area contributed by atoms with Gasteiger partial charge in [0.25, 0.3) is 0 Å². The van der Waals surface area contributed by atoms with E-state index in [1.54, 1.807) is 0 Å². The molecular weight excluding hydrogens is 136 g/mol. The average molecular weight is 156 g/mol. The third kappa shape index (κ3) is 2.48. The molecule has 66 valence electrons. The summed E-state index contributed by atoms with van der Waals surface area (Å²) < 4.78 is 5.22. The van der Waals surface area contributed by atoms with Gasteiger partial charge in [-0.25, -0.2) is 0 Å². The van der Waals surface area contributed by atoms with Crippen LogP contribution in [0.3, 0.4) is 0 Å².